The van der Waals surface area contributed by atoms with Gasteiger partial charge in [-0.2, -0.15) is 0 Å². The number of hydrogen-bond donors (Lipinski definition) is 3. The molecule has 0 aliphatic rings. The lowest BCUT2D eigenvalue weighted by Gasteiger charge is -2.14. The number of nitrogens with zero attached hydrogens (tertiary/aromatic N) is 1. The fourth-order valence-electron chi connectivity index (χ4n) is 2.04. The molecule has 0 saturated heterocycles. The molecule has 0 aliphatic heterocycles. The molecule has 0 bridgehead atoms. The number of nitrogens with two attached hydrogens (primary N) is 2. The third-order valence-corrected chi connectivity index (χ3v) is 3.13. The summed E-state index contributed by atoms with van der Waals surface area (Å²) in [6.45, 7) is 0.406. The maximum absolute atomic E-state index is 5.88. The number of rotatable bonds is 7. The lowest BCUT2D eigenvalue weighted by molar-refractivity contribution is -0.456. The first-order valence-electron chi connectivity index (χ1n) is 7.24. The van der Waals surface area contributed by atoms with Gasteiger partial charge in [-0.05, 0) is 17.7 Å². The third kappa shape index (κ3) is 4.64. The number of guanidine groups is 1. The minimum absolute atomic E-state index is 0.0620. The minimum Gasteiger partial charge on any atom is -0.493 e. The van der Waals surface area contributed by atoms with Gasteiger partial charge >= 0.3 is 0 Å². The van der Waals surface area contributed by atoms with E-state index in [1.54, 1.807) is 32.6 Å². The SMILES string of the molecule is COc1cc(/C=[NH+]\N=C(N)N)cc(OC)c1OCc1ccccc1. The molecule has 0 saturated carbocycles. The molecule has 0 aromatic heterocycles. The molecule has 0 heterocycles. The van der Waals surface area contributed by atoms with Gasteiger partial charge in [-0.25, -0.2) is 0 Å². The molecule has 0 atom stereocenters. The highest BCUT2D eigenvalue weighted by molar-refractivity contribution is 5.79. The van der Waals surface area contributed by atoms with Crippen molar-refractivity contribution in [2.45, 2.75) is 6.61 Å². The summed E-state index contributed by atoms with van der Waals surface area (Å²) in [5.41, 5.74) is 12.3. The predicted octanol–water partition coefficient (Wildman–Crippen LogP) is -0.0293. The second kappa shape index (κ2) is 8.42. The molecular weight excluding hydrogens is 308 g/mol. The number of hydrazone groups is 1. The molecule has 2 aromatic carbocycles. The standard InChI is InChI=1S/C17H20N4O3/c1-22-14-8-13(10-20-21-17(18)19)9-15(23-2)16(14)24-11-12-6-4-3-5-7-12/h3-10H,11H2,1-2H3,(H4,18,19,21)/p+1/b20-10-. The second-order valence-corrected chi connectivity index (χ2v) is 4.84. The van der Waals surface area contributed by atoms with Crippen LogP contribution in [0, 0.1) is 0 Å². The molecule has 126 valence electrons. The van der Waals surface area contributed by atoms with Gasteiger partial charge in [-0.15, -0.1) is 5.10 Å². The van der Waals surface area contributed by atoms with Crippen molar-refractivity contribution >= 4 is 12.2 Å². The van der Waals surface area contributed by atoms with Crippen molar-refractivity contribution in [3.63, 3.8) is 0 Å². The largest absolute Gasteiger partial charge is 0.493 e. The average Bonchev–Trinajstić information content (AvgIpc) is 2.60. The molecule has 7 nitrogen and oxygen atoms in total. The molecule has 2 rings (SSSR count). The normalized spacial score (nSPS) is 10.4. The Morgan fingerprint density at radius 2 is 1.71 bits per heavy atom. The van der Waals surface area contributed by atoms with Crippen LogP contribution in [-0.4, -0.2) is 26.4 Å². The molecule has 0 radical (unpaired) electrons. The predicted molar refractivity (Wildman–Crippen MR) is 92.3 cm³/mol. The highest BCUT2D eigenvalue weighted by Gasteiger charge is 2.15. The number of nitrogens with one attached hydrogen (secondary N) is 1. The quantitative estimate of drug-likeness (QED) is 0.376. The Kier molecular flexibility index (Phi) is 6.01. The van der Waals surface area contributed by atoms with E-state index in [2.05, 4.69) is 10.2 Å². The van der Waals surface area contributed by atoms with Crippen molar-refractivity contribution in [2.75, 3.05) is 14.2 Å². The molecule has 0 unspecified atom stereocenters. The van der Waals surface area contributed by atoms with Gasteiger partial charge in [0, 0.05) is 10.7 Å². The van der Waals surface area contributed by atoms with Crippen molar-refractivity contribution in [1.29, 1.82) is 0 Å². The van der Waals surface area contributed by atoms with Crippen molar-refractivity contribution in [3.8, 4) is 17.2 Å². The van der Waals surface area contributed by atoms with Gasteiger partial charge < -0.3 is 25.7 Å². The van der Waals surface area contributed by atoms with E-state index in [1.165, 1.54) is 0 Å². The third-order valence-electron chi connectivity index (χ3n) is 3.13. The maximum atomic E-state index is 5.88. The van der Waals surface area contributed by atoms with Gasteiger partial charge in [0.1, 0.15) is 6.61 Å². The van der Waals surface area contributed by atoms with Gasteiger partial charge in [0.2, 0.25) is 12.0 Å². The van der Waals surface area contributed by atoms with Crippen LogP contribution in [0.5, 0.6) is 17.2 Å². The summed E-state index contributed by atoms with van der Waals surface area (Å²) in [5, 5.41) is 6.33. The topological polar surface area (TPSA) is 106 Å². The monoisotopic (exact) mass is 329 g/mol. The number of hydrogen-bond acceptors (Lipinski definition) is 4. The Hall–Kier alpha value is -3.22. The molecule has 0 amide bonds. The fraction of sp³-hybridized carbons (Fsp3) is 0.176. The molecule has 0 fully saturated rings. The van der Waals surface area contributed by atoms with Gasteiger partial charge in [-0.3, -0.25) is 0 Å². The molecule has 7 heteroatoms. The Morgan fingerprint density at radius 1 is 1.08 bits per heavy atom. The average molecular weight is 329 g/mol. The van der Waals surface area contributed by atoms with Crippen molar-refractivity contribution in [2.24, 2.45) is 16.6 Å². The summed E-state index contributed by atoms with van der Waals surface area (Å²) in [6, 6.07) is 13.4. The number of methoxy groups -OCH3 is 2. The lowest BCUT2D eigenvalue weighted by atomic mass is 10.2. The van der Waals surface area contributed by atoms with E-state index < -0.39 is 0 Å². The van der Waals surface area contributed by atoms with E-state index in [-0.39, 0.29) is 5.96 Å². The Bertz CT molecular complexity index is 701. The van der Waals surface area contributed by atoms with Crippen LogP contribution in [0.2, 0.25) is 0 Å². The highest BCUT2D eigenvalue weighted by atomic mass is 16.5. The molecule has 5 N–H and O–H groups in total. The molecule has 0 spiro atoms. The van der Waals surface area contributed by atoms with E-state index in [0.717, 1.165) is 11.1 Å². The van der Waals surface area contributed by atoms with Crippen LogP contribution in [0.1, 0.15) is 11.1 Å². The van der Waals surface area contributed by atoms with Crippen LogP contribution in [0.3, 0.4) is 0 Å². The number of ether oxygens (including phenoxy) is 3. The van der Waals surface area contributed by atoms with E-state index in [9.17, 15) is 0 Å². The minimum atomic E-state index is -0.0620. The first-order valence-corrected chi connectivity index (χ1v) is 7.24. The first-order chi connectivity index (χ1) is 11.6. The van der Waals surface area contributed by atoms with Crippen molar-refractivity contribution in [1.82, 2.24) is 0 Å². The fourth-order valence-corrected chi connectivity index (χ4v) is 2.04. The van der Waals surface area contributed by atoms with Crippen molar-refractivity contribution < 1.29 is 19.3 Å². The molecule has 2 aromatic rings. The Balaban J connectivity index is 2.26. The summed E-state index contributed by atoms with van der Waals surface area (Å²) in [6.07, 6.45) is 1.62. The molecule has 0 aliphatic carbocycles. The van der Waals surface area contributed by atoms with Crippen LogP contribution in [0.4, 0.5) is 0 Å². The first kappa shape index (κ1) is 17.1. The Labute approximate surface area is 140 Å². The van der Waals surface area contributed by atoms with Gasteiger partial charge in [0.15, 0.2) is 11.5 Å². The summed E-state index contributed by atoms with van der Waals surface area (Å²) in [5.74, 6) is 1.56. The van der Waals surface area contributed by atoms with Crippen LogP contribution < -0.4 is 30.8 Å². The van der Waals surface area contributed by atoms with E-state index in [4.69, 9.17) is 25.7 Å². The van der Waals surface area contributed by atoms with Crippen LogP contribution in [0.15, 0.2) is 47.6 Å². The summed E-state index contributed by atoms with van der Waals surface area (Å²) >= 11 is 0. The lowest BCUT2D eigenvalue weighted by Crippen LogP contribution is -2.63. The van der Waals surface area contributed by atoms with Gasteiger partial charge in [0.25, 0.3) is 5.96 Å². The van der Waals surface area contributed by atoms with Gasteiger partial charge in [0.05, 0.1) is 14.2 Å². The molecular formula is C17H21N4O3+. The zero-order valence-electron chi connectivity index (χ0n) is 13.7. The van der Waals surface area contributed by atoms with Crippen LogP contribution in [0.25, 0.3) is 0 Å². The Morgan fingerprint density at radius 3 is 2.25 bits per heavy atom. The zero-order chi connectivity index (χ0) is 17.4. The highest BCUT2D eigenvalue weighted by Crippen LogP contribution is 2.38. The van der Waals surface area contributed by atoms with E-state index in [0.29, 0.717) is 23.9 Å². The van der Waals surface area contributed by atoms with E-state index >= 15 is 0 Å². The summed E-state index contributed by atoms with van der Waals surface area (Å²) < 4.78 is 16.7. The smallest absolute Gasteiger partial charge is 0.256 e. The molecule has 24 heavy (non-hydrogen) atoms. The van der Waals surface area contributed by atoms with E-state index in [1.807, 2.05) is 30.3 Å². The van der Waals surface area contributed by atoms with Crippen LogP contribution >= 0.6 is 0 Å². The van der Waals surface area contributed by atoms with Crippen molar-refractivity contribution in [3.05, 3.63) is 53.6 Å². The van der Waals surface area contributed by atoms with Gasteiger partial charge in [-0.1, -0.05) is 30.3 Å². The summed E-state index contributed by atoms with van der Waals surface area (Å²) in [7, 11) is 3.13. The maximum Gasteiger partial charge on any atom is 0.256 e. The second-order valence-electron chi connectivity index (χ2n) is 4.84. The zero-order valence-corrected chi connectivity index (χ0v) is 13.7. The summed E-state index contributed by atoms with van der Waals surface area (Å²) in [4.78, 5) is 0. The van der Waals surface area contributed by atoms with Crippen LogP contribution in [-0.2, 0) is 6.61 Å². The number of benzene rings is 2.